The Morgan fingerprint density at radius 1 is 1.58 bits per heavy atom. The minimum Gasteiger partial charge on any atom is -0.393 e. The second kappa shape index (κ2) is 4.38. The van der Waals surface area contributed by atoms with Crippen LogP contribution in [0.15, 0.2) is 15.8 Å². The Balaban J connectivity index is 2.04. The zero-order valence-electron chi connectivity index (χ0n) is 9.58. The van der Waals surface area contributed by atoms with Crippen molar-refractivity contribution < 1.29 is 19.7 Å². The Labute approximate surface area is 120 Å². The van der Waals surface area contributed by atoms with Crippen molar-refractivity contribution in [1.29, 1.82) is 0 Å². The topological polar surface area (TPSA) is 114 Å². The number of fused-ring (bicyclic) bond motifs is 2. The van der Waals surface area contributed by atoms with Crippen molar-refractivity contribution in [2.24, 2.45) is 0 Å². The fourth-order valence-corrected chi connectivity index (χ4v) is 2.84. The molecule has 4 atom stereocenters. The Hall–Kier alpha value is -0.750. The number of ether oxygens (including phenoxy) is 2. The summed E-state index contributed by atoms with van der Waals surface area (Å²) in [6.45, 7) is -0.336. The molecule has 0 amide bonds. The molecule has 2 unspecified atom stereocenters. The van der Waals surface area contributed by atoms with Gasteiger partial charge < -0.3 is 19.7 Å². The summed E-state index contributed by atoms with van der Waals surface area (Å²) in [5.74, 6) is 0. The van der Waals surface area contributed by atoms with Crippen molar-refractivity contribution in [3.05, 3.63) is 30.6 Å². The predicted octanol–water partition coefficient (Wildman–Crippen LogP) is -1.84. The Morgan fingerprint density at radius 2 is 2.32 bits per heavy atom. The molecule has 3 N–H and O–H groups in total. The lowest BCUT2D eigenvalue weighted by Gasteiger charge is -2.29. The largest absolute Gasteiger partial charge is 0.393 e. The van der Waals surface area contributed by atoms with Crippen LogP contribution in [-0.4, -0.2) is 50.8 Å². The molecule has 2 aliphatic rings. The van der Waals surface area contributed by atoms with Gasteiger partial charge in [0.1, 0.15) is 17.8 Å². The van der Waals surface area contributed by atoms with Gasteiger partial charge in [-0.25, -0.2) is 4.79 Å². The summed E-state index contributed by atoms with van der Waals surface area (Å²) < 4.78 is 12.4. The van der Waals surface area contributed by atoms with Crippen molar-refractivity contribution in [3.63, 3.8) is 0 Å². The van der Waals surface area contributed by atoms with Crippen LogP contribution in [-0.2, 0) is 9.47 Å². The van der Waals surface area contributed by atoms with Gasteiger partial charge in [0.25, 0.3) is 5.56 Å². The van der Waals surface area contributed by atoms with Gasteiger partial charge in [-0.15, -0.1) is 0 Å². The molecule has 0 aliphatic carbocycles. The maximum atomic E-state index is 11.8. The number of aromatic amines is 1. The fourth-order valence-electron chi connectivity index (χ4n) is 2.40. The van der Waals surface area contributed by atoms with E-state index >= 15 is 0 Å². The van der Waals surface area contributed by atoms with Gasteiger partial charge in [0.05, 0.1) is 16.8 Å². The van der Waals surface area contributed by atoms with Crippen LogP contribution in [0.4, 0.5) is 0 Å². The molecule has 1 aromatic heterocycles. The zero-order chi connectivity index (χ0) is 13.8. The molecule has 0 spiro atoms. The van der Waals surface area contributed by atoms with Gasteiger partial charge in [0.15, 0.2) is 6.23 Å². The van der Waals surface area contributed by atoms with E-state index < -0.39 is 41.9 Å². The number of aliphatic hydroxyl groups is 2. The number of hydrogen-bond donors (Lipinski definition) is 3. The predicted molar refractivity (Wildman–Crippen MR) is 69.7 cm³/mol. The third-order valence-corrected chi connectivity index (χ3v) is 4.24. The van der Waals surface area contributed by atoms with E-state index in [4.69, 9.17) is 9.47 Å². The number of hydrogen-bond acceptors (Lipinski definition) is 6. The van der Waals surface area contributed by atoms with Crippen LogP contribution in [0.5, 0.6) is 0 Å². The summed E-state index contributed by atoms with van der Waals surface area (Å²) in [6, 6.07) is 0. The number of rotatable bonds is 2. The lowest BCUT2D eigenvalue weighted by atomic mass is 10.0. The van der Waals surface area contributed by atoms with Crippen molar-refractivity contribution in [3.8, 4) is 0 Å². The van der Waals surface area contributed by atoms with Crippen LogP contribution in [0.25, 0.3) is 0 Å². The quantitative estimate of drug-likeness (QED) is 0.519. The van der Waals surface area contributed by atoms with E-state index in [-0.39, 0.29) is 6.61 Å². The van der Waals surface area contributed by atoms with E-state index in [1.807, 2.05) is 0 Å². The number of nitrogens with one attached hydrogen (secondary N) is 1. The first-order chi connectivity index (χ1) is 8.98. The fraction of sp³-hybridized carbons (Fsp3) is 0.600. The van der Waals surface area contributed by atoms with Gasteiger partial charge >= 0.3 is 5.69 Å². The Bertz CT molecular complexity index is 627. The summed E-state index contributed by atoms with van der Waals surface area (Å²) in [5, 5.41) is 19.4. The molecule has 9 heteroatoms. The molecule has 19 heavy (non-hydrogen) atoms. The van der Waals surface area contributed by atoms with E-state index in [1.54, 1.807) is 22.6 Å². The lowest BCUT2D eigenvalue weighted by molar-refractivity contribution is -0.187. The van der Waals surface area contributed by atoms with Gasteiger partial charge in [0, 0.05) is 6.20 Å². The van der Waals surface area contributed by atoms with Crippen LogP contribution < -0.4 is 11.2 Å². The van der Waals surface area contributed by atoms with E-state index in [9.17, 15) is 19.8 Å². The van der Waals surface area contributed by atoms with Gasteiger partial charge in [-0.3, -0.25) is 14.3 Å². The average Bonchev–Trinajstić information content (AvgIpc) is 2.85. The maximum absolute atomic E-state index is 11.8. The smallest absolute Gasteiger partial charge is 0.330 e. The monoisotopic (exact) mass is 382 g/mol. The van der Waals surface area contributed by atoms with Gasteiger partial charge in [0.2, 0.25) is 0 Å². The second-order valence-corrected chi connectivity index (χ2v) is 5.76. The van der Waals surface area contributed by atoms with E-state index in [0.717, 1.165) is 4.57 Å². The molecule has 0 radical (unpaired) electrons. The first-order valence-corrected chi connectivity index (χ1v) is 6.66. The molecule has 0 aromatic carbocycles. The molecular formula is C10H11IN2O6. The molecule has 0 saturated carbocycles. The van der Waals surface area contributed by atoms with Crippen molar-refractivity contribution in [1.82, 2.24) is 9.55 Å². The molecule has 3 heterocycles. The third kappa shape index (κ3) is 1.80. The Kier molecular flexibility index (Phi) is 3.05. The molecule has 3 rings (SSSR count). The Morgan fingerprint density at radius 3 is 2.95 bits per heavy atom. The first kappa shape index (κ1) is 13.2. The van der Waals surface area contributed by atoms with Crippen LogP contribution in [0.2, 0.25) is 0 Å². The summed E-state index contributed by atoms with van der Waals surface area (Å²) >= 11 is 1.79. The average molecular weight is 382 g/mol. The highest BCUT2D eigenvalue weighted by Crippen LogP contribution is 2.44. The van der Waals surface area contributed by atoms with Gasteiger partial charge in [-0.05, 0) is 22.6 Å². The van der Waals surface area contributed by atoms with E-state index in [1.165, 1.54) is 6.20 Å². The highest BCUT2D eigenvalue weighted by Gasteiger charge is 2.61. The summed E-state index contributed by atoms with van der Waals surface area (Å²) in [6.07, 6.45) is -1.28. The molecule has 2 fully saturated rings. The van der Waals surface area contributed by atoms with Crippen molar-refractivity contribution >= 4 is 22.6 Å². The summed E-state index contributed by atoms with van der Waals surface area (Å²) in [5.41, 5.74) is -2.33. The summed E-state index contributed by atoms with van der Waals surface area (Å²) in [4.78, 5) is 25.2. The number of aliphatic hydroxyl groups excluding tert-OH is 2. The molecule has 2 saturated heterocycles. The summed E-state index contributed by atoms with van der Waals surface area (Å²) in [7, 11) is 0. The molecular weight excluding hydrogens is 371 g/mol. The van der Waals surface area contributed by atoms with E-state index in [0.29, 0.717) is 3.57 Å². The second-order valence-electron chi connectivity index (χ2n) is 4.60. The maximum Gasteiger partial charge on any atom is 0.330 e. The molecule has 104 valence electrons. The first-order valence-electron chi connectivity index (χ1n) is 5.58. The number of aromatic nitrogens is 2. The van der Waals surface area contributed by atoms with Crippen LogP contribution in [0.3, 0.4) is 0 Å². The standard InChI is InChI=1S/C10H11IN2O6/c11-4-1-13(9(17)12-7(4)16)8-5-6(15)10(2-14,19-8)3-18-5/h1,5-6,8,14-15H,2-3H2,(H,12,16,17)/t5?,6?,8-,10+/m1/s1. The number of nitrogens with zero attached hydrogens (tertiary/aromatic N) is 1. The van der Waals surface area contributed by atoms with E-state index in [2.05, 4.69) is 4.98 Å². The molecule has 8 nitrogen and oxygen atoms in total. The minimum absolute atomic E-state index is 0.0705. The van der Waals surface area contributed by atoms with Gasteiger partial charge in [-0.1, -0.05) is 0 Å². The van der Waals surface area contributed by atoms with Crippen LogP contribution in [0.1, 0.15) is 6.23 Å². The number of H-pyrrole nitrogens is 1. The van der Waals surface area contributed by atoms with Gasteiger partial charge in [-0.2, -0.15) is 0 Å². The lowest BCUT2D eigenvalue weighted by Crippen LogP contribution is -2.44. The molecule has 1 aromatic rings. The third-order valence-electron chi connectivity index (χ3n) is 3.47. The molecule has 2 aliphatic heterocycles. The molecule has 2 bridgehead atoms. The highest BCUT2D eigenvalue weighted by atomic mass is 127. The highest BCUT2D eigenvalue weighted by molar-refractivity contribution is 14.1. The van der Waals surface area contributed by atoms with Crippen LogP contribution in [0, 0.1) is 3.57 Å². The SMILES string of the molecule is O=c1[nH]c(=O)n([C@@H]2O[C@@]3(CO)COC2C3O)cc1I. The van der Waals surface area contributed by atoms with Crippen molar-refractivity contribution in [2.45, 2.75) is 24.0 Å². The van der Waals surface area contributed by atoms with Crippen LogP contribution >= 0.6 is 22.6 Å². The normalized spacial score (nSPS) is 36.9. The zero-order valence-corrected chi connectivity index (χ0v) is 11.7. The number of halogens is 1. The minimum atomic E-state index is -1.20. The van der Waals surface area contributed by atoms with Crippen molar-refractivity contribution in [2.75, 3.05) is 13.2 Å².